The van der Waals surface area contributed by atoms with Crippen LogP contribution in [0.4, 0.5) is 0 Å². The summed E-state index contributed by atoms with van der Waals surface area (Å²) < 4.78 is 0. The molecule has 0 heterocycles. The Kier molecular flexibility index (Phi) is 4.14. The molecule has 5 saturated carbocycles. The second-order valence-electron chi connectivity index (χ2n) is 12.2. The smallest absolute Gasteiger partial charge is 0.0490 e. The normalized spacial score (nSPS) is 55.4. The van der Waals surface area contributed by atoms with Crippen LogP contribution in [0.1, 0.15) is 97.8 Å². The SMILES string of the molecule is CC1(C)CCCC2(C)C3CCC4C(CCC5(CO)CCCC45)C3CCC12. The molecule has 0 aromatic carbocycles. The Morgan fingerprint density at radius 1 is 0.692 bits per heavy atom. The lowest BCUT2D eigenvalue weighted by atomic mass is 9.41. The lowest BCUT2D eigenvalue weighted by Gasteiger charge is -2.64. The molecule has 0 spiro atoms. The molecule has 0 bridgehead atoms. The quantitative estimate of drug-likeness (QED) is 0.571. The molecule has 148 valence electrons. The molecule has 5 rings (SSSR count). The van der Waals surface area contributed by atoms with Crippen LogP contribution in [0.25, 0.3) is 0 Å². The van der Waals surface area contributed by atoms with Crippen molar-refractivity contribution in [3.63, 3.8) is 0 Å². The molecule has 1 heteroatoms. The average Bonchev–Trinajstić information content (AvgIpc) is 3.05. The molecule has 5 fully saturated rings. The van der Waals surface area contributed by atoms with E-state index in [1.807, 2.05) is 0 Å². The van der Waals surface area contributed by atoms with E-state index in [4.69, 9.17) is 0 Å². The molecule has 0 aliphatic heterocycles. The van der Waals surface area contributed by atoms with Gasteiger partial charge in [0.1, 0.15) is 0 Å². The fraction of sp³-hybridized carbons (Fsp3) is 1.00. The highest BCUT2D eigenvalue weighted by molar-refractivity contribution is 5.10. The summed E-state index contributed by atoms with van der Waals surface area (Å²) in [6, 6.07) is 0. The molecule has 5 aliphatic carbocycles. The standard InChI is InChI=1S/C25H42O/c1-23(2)12-5-13-24(3)20-9-7-19-17(18(20)8-10-22(23)24)11-15-25(16-26)14-4-6-21(19)25/h17-22,26H,4-16H2,1-3H3. The van der Waals surface area contributed by atoms with E-state index in [1.165, 1.54) is 77.0 Å². The Balaban J connectivity index is 1.43. The van der Waals surface area contributed by atoms with Gasteiger partial charge in [-0.2, -0.15) is 0 Å². The second-order valence-corrected chi connectivity index (χ2v) is 12.2. The van der Waals surface area contributed by atoms with Crippen LogP contribution in [0.3, 0.4) is 0 Å². The molecule has 0 radical (unpaired) electrons. The molecule has 8 atom stereocenters. The predicted octanol–water partition coefficient (Wildman–Crippen LogP) is 6.44. The van der Waals surface area contributed by atoms with E-state index in [0.717, 1.165) is 35.5 Å². The van der Waals surface area contributed by atoms with Crippen molar-refractivity contribution in [2.24, 2.45) is 51.8 Å². The molecule has 5 aliphatic rings. The van der Waals surface area contributed by atoms with Gasteiger partial charge in [-0.25, -0.2) is 0 Å². The third-order valence-corrected chi connectivity index (χ3v) is 11.1. The van der Waals surface area contributed by atoms with Crippen molar-refractivity contribution in [1.29, 1.82) is 0 Å². The number of fused-ring (bicyclic) bond motifs is 7. The molecule has 0 aromatic heterocycles. The summed E-state index contributed by atoms with van der Waals surface area (Å²) in [7, 11) is 0. The summed E-state index contributed by atoms with van der Waals surface area (Å²) in [6.07, 6.45) is 17.3. The van der Waals surface area contributed by atoms with Gasteiger partial charge in [-0.3, -0.25) is 0 Å². The minimum atomic E-state index is 0.335. The van der Waals surface area contributed by atoms with Gasteiger partial charge in [-0.1, -0.05) is 33.6 Å². The highest BCUT2D eigenvalue weighted by atomic mass is 16.3. The Labute approximate surface area is 161 Å². The fourth-order valence-electron chi connectivity index (χ4n) is 10.1. The van der Waals surface area contributed by atoms with Crippen molar-refractivity contribution < 1.29 is 5.11 Å². The van der Waals surface area contributed by atoms with Crippen molar-refractivity contribution in [3.8, 4) is 0 Å². The first-order valence-corrected chi connectivity index (χ1v) is 12.0. The van der Waals surface area contributed by atoms with Crippen LogP contribution < -0.4 is 0 Å². The highest BCUT2D eigenvalue weighted by Crippen LogP contribution is 2.68. The number of hydrogen-bond donors (Lipinski definition) is 1. The zero-order chi connectivity index (χ0) is 18.2. The number of aliphatic hydroxyl groups is 1. The average molecular weight is 359 g/mol. The van der Waals surface area contributed by atoms with Gasteiger partial charge in [0.25, 0.3) is 0 Å². The Morgan fingerprint density at radius 3 is 2.27 bits per heavy atom. The third kappa shape index (κ3) is 2.31. The first-order valence-electron chi connectivity index (χ1n) is 12.0. The zero-order valence-electron chi connectivity index (χ0n) is 17.6. The van der Waals surface area contributed by atoms with E-state index < -0.39 is 0 Å². The van der Waals surface area contributed by atoms with Gasteiger partial charge in [0, 0.05) is 6.61 Å². The van der Waals surface area contributed by atoms with Crippen molar-refractivity contribution in [1.82, 2.24) is 0 Å². The van der Waals surface area contributed by atoms with Gasteiger partial charge in [0.05, 0.1) is 0 Å². The first kappa shape index (κ1) is 18.0. The summed E-state index contributed by atoms with van der Waals surface area (Å²) >= 11 is 0. The molecular formula is C25H42O. The number of rotatable bonds is 1. The highest BCUT2D eigenvalue weighted by Gasteiger charge is 2.60. The molecule has 1 nitrogen and oxygen atoms in total. The van der Waals surface area contributed by atoms with Crippen molar-refractivity contribution in [3.05, 3.63) is 0 Å². The summed E-state index contributed by atoms with van der Waals surface area (Å²) in [5.74, 6) is 5.80. The number of hydrogen-bond acceptors (Lipinski definition) is 1. The van der Waals surface area contributed by atoms with Gasteiger partial charge in [0.15, 0.2) is 0 Å². The van der Waals surface area contributed by atoms with E-state index in [-0.39, 0.29) is 0 Å². The molecular weight excluding hydrogens is 316 g/mol. The summed E-state index contributed by atoms with van der Waals surface area (Å²) in [4.78, 5) is 0. The van der Waals surface area contributed by atoms with Crippen LogP contribution in [0.15, 0.2) is 0 Å². The second kappa shape index (κ2) is 5.98. The third-order valence-electron chi connectivity index (χ3n) is 11.1. The van der Waals surface area contributed by atoms with Gasteiger partial charge >= 0.3 is 0 Å². The molecule has 0 amide bonds. The molecule has 0 saturated heterocycles. The van der Waals surface area contributed by atoms with Crippen molar-refractivity contribution in [2.45, 2.75) is 97.8 Å². The van der Waals surface area contributed by atoms with Crippen molar-refractivity contribution >= 4 is 0 Å². The van der Waals surface area contributed by atoms with Crippen molar-refractivity contribution in [2.75, 3.05) is 6.61 Å². The van der Waals surface area contributed by atoms with E-state index in [1.54, 1.807) is 0 Å². The predicted molar refractivity (Wildman–Crippen MR) is 108 cm³/mol. The maximum atomic E-state index is 10.2. The monoisotopic (exact) mass is 358 g/mol. The molecule has 0 aromatic rings. The Hall–Kier alpha value is -0.0400. The van der Waals surface area contributed by atoms with E-state index >= 15 is 0 Å². The Morgan fingerprint density at radius 2 is 1.46 bits per heavy atom. The summed E-state index contributed by atoms with van der Waals surface area (Å²) in [6.45, 7) is 8.35. The molecule has 8 unspecified atom stereocenters. The summed E-state index contributed by atoms with van der Waals surface area (Å²) in [5.41, 5.74) is 1.53. The van der Waals surface area contributed by atoms with E-state index in [2.05, 4.69) is 20.8 Å². The van der Waals surface area contributed by atoms with Crippen LogP contribution in [0.5, 0.6) is 0 Å². The lowest BCUT2D eigenvalue weighted by molar-refractivity contribution is -0.155. The molecule has 26 heavy (non-hydrogen) atoms. The van der Waals surface area contributed by atoms with Crippen LogP contribution in [0, 0.1) is 51.8 Å². The number of aliphatic hydroxyl groups excluding tert-OH is 1. The van der Waals surface area contributed by atoms with E-state index in [0.29, 0.717) is 22.9 Å². The maximum Gasteiger partial charge on any atom is 0.0490 e. The van der Waals surface area contributed by atoms with E-state index in [9.17, 15) is 5.11 Å². The minimum Gasteiger partial charge on any atom is -0.396 e. The first-order chi connectivity index (χ1) is 12.4. The van der Waals surface area contributed by atoms with Gasteiger partial charge in [-0.15, -0.1) is 0 Å². The topological polar surface area (TPSA) is 20.2 Å². The van der Waals surface area contributed by atoms with Gasteiger partial charge < -0.3 is 5.11 Å². The van der Waals surface area contributed by atoms with Crippen LogP contribution in [-0.2, 0) is 0 Å². The Bertz CT molecular complexity index is 552. The zero-order valence-corrected chi connectivity index (χ0v) is 17.6. The van der Waals surface area contributed by atoms with Crippen LogP contribution in [0.2, 0.25) is 0 Å². The van der Waals surface area contributed by atoms with Gasteiger partial charge in [0.2, 0.25) is 0 Å². The van der Waals surface area contributed by atoms with Crippen LogP contribution in [-0.4, -0.2) is 11.7 Å². The van der Waals surface area contributed by atoms with Crippen LogP contribution >= 0.6 is 0 Å². The summed E-state index contributed by atoms with van der Waals surface area (Å²) in [5, 5.41) is 10.2. The van der Waals surface area contributed by atoms with Gasteiger partial charge in [-0.05, 0) is 116 Å². The maximum absolute atomic E-state index is 10.2. The fourth-order valence-corrected chi connectivity index (χ4v) is 10.1. The largest absolute Gasteiger partial charge is 0.396 e. The lowest BCUT2D eigenvalue weighted by Crippen LogP contribution is -2.57. The molecule has 1 N–H and O–H groups in total. The minimum absolute atomic E-state index is 0.335.